The summed E-state index contributed by atoms with van der Waals surface area (Å²) in [5.74, 6) is 1.12. The summed E-state index contributed by atoms with van der Waals surface area (Å²) < 4.78 is 10.9. The highest BCUT2D eigenvalue weighted by Gasteiger charge is 2.18. The lowest BCUT2D eigenvalue weighted by Gasteiger charge is -2.15. The van der Waals surface area contributed by atoms with Gasteiger partial charge in [0, 0.05) is 17.5 Å². The summed E-state index contributed by atoms with van der Waals surface area (Å²) in [5, 5.41) is 4.37. The molecule has 0 saturated carbocycles. The van der Waals surface area contributed by atoms with Gasteiger partial charge in [-0.05, 0) is 49.7 Å². The fourth-order valence-corrected chi connectivity index (χ4v) is 3.00. The summed E-state index contributed by atoms with van der Waals surface area (Å²) in [6.07, 6.45) is 4.87. The lowest BCUT2D eigenvalue weighted by atomic mass is 10.0. The SMILES string of the molecule is CCCCC[C@@H](C)CNC(=S)NNC(=O)c1oc2ccc(OC)cc2c1C. The number of thiocarbonyl (C=S) groups is 1. The third-order valence-corrected chi connectivity index (χ3v) is 4.80. The fraction of sp³-hybridized carbons (Fsp3) is 0.500. The van der Waals surface area contributed by atoms with Crippen LogP contribution in [0.5, 0.6) is 5.75 Å². The average molecular weight is 392 g/mol. The molecule has 1 atom stereocenters. The Labute approximate surface area is 166 Å². The molecular formula is C20H29N3O3S. The number of carbonyl (C=O) groups excluding carboxylic acids is 1. The molecule has 0 aliphatic rings. The third-order valence-electron chi connectivity index (χ3n) is 4.55. The van der Waals surface area contributed by atoms with Crippen LogP contribution in [0, 0.1) is 12.8 Å². The third kappa shape index (κ3) is 5.85. The van der Waals surface area contributed by atoms with Crippen molar-refractivity contribution in [1.29, 1.82) is 0 Å². The minimum atomic E-state index is -0.372. The number of amides is 1. The number of nitrogens with one attached hydrogen (secondary N) is 3. The van der Waals surface area contributed by atoms with E-state index < -0.39 is 0 Å². The van der Waals surface area contributed by atoms with Crippen LogP contribution in [0.15, 0.2) is 22.6 Å². The lowest BCUT2D eigenvalue weighted by Crippen LogP contribution is -2.47. The Kier molecular flexibility index (Phi) is 7.91. The number of hydrogen-bond donors (Lipinski definition) is 3. The smallest absolute Gasteiger partial charge is 0.305 e. The molecule has 1 aromatic carbocycles. The van der Waals surface area contributed by atoms with Gasteiger partial charge in [0.1, 0.15) is 11.3 Å². The largest absolute Gasteiger partial charge is 0.497 e. The van der Waals surface area contributed by atoms with Gasteiger partial charge in [0.25, 0.3) is 0 Å². The Morgan fingerprint density at radius 1 is 1.30 bits per heavy atom. The molecule has 0 unspecified atom stereocenters. The van der Waals surface area contributed by atoms with E-state index in [1.165, 1.54) is 19.3 Å². The number of fused-ring (bicyclic) bond motifs is 1. The van der Waals surface area contributed by atoms with E-state index in [1.807, 2.05) is 13.0 Å². The summed E-state index contributed by atoms with van der Waals surface area (Å²) in [6.45, 7) is 7.00. The van der Waals surface area contributed by atoms with Crippen LogP contribution in [0.3, 0.4) is 0 Å². The Morgan fingerprint density at radius 2 is 2.07 bits per heavy atom. The van der Waals surface area contributed by atoms with Gasteiger partial charge in [-0.2, -0.15) is 0 Å². The number of ether oxygens (including phenoxy) is 1. The number of carbonyl (C=O) groups is 1. The number of rotatable bonds is 8. The number of hydrogen-bond acceptors (Lipinski definition) is 4. The van der Waals surface area contributed by atoms with Crippen molar-refractivity contribution in [2.45, 2.75) is 46.5 Å². The molecule has 0 radical (unpaired) electrons. The molecule has 0 spiro atoms. The maximum absolute atomic E-state index is 12.4. The van der Waals surface area contributed by atoms with E-state index in [-0.39, 0.29) is 11.7 Å². The van der Waals surface area contributed by atoms with Gasteiger partial charge in [-0.15, -0.1) is 0 Å². The van der Waals surface area contributed by atoms with Gasteiger partial charge in [0.15, 0.2) is 10.9 Å². The first-order valence-electron chi connectivity index (χ1n) is 9.37. The van der Waals surface area contributed by atoms with Crippen molar-refractivity contribution in [2.24, 2.45) is 5.92 Å². The van der Waals surface area contributed by atoms with Crippen molar-refractivity contribution >= 4 is 34.2 Å². The first-order chi connectivity index (χ1) is 13.0. The van der Waals surface area contributed by atoms with Crippen LogP contribution in [-0.4, -0.2) is 24.7 Å². The first kappa shape index (κ1) is 21.0. The molecule has 3 N–H and O–H groups in total. The van der Waals surface area contributed by atoms with E-state index >= 15 is 0 Å². The molecule has 7 heteroatoms. The van der Waals surface area contributed by atoms with E-state index in [2.05, 4.69) is 30.0 Å². The molecule has 0 fully saturated rings. The van der Waals surface area contributed by atoms with Gasteiger partial charge in [-0.25, -0.2) is 0 Å². The topological polar surface area (TPSA) is 75.5 Å². The zero-order valence-corrected chi connectivity index (χ0v) is 17.3. The van der Waals surface area contributed by atoms with Crippen LogP contribution < -0.4 is 20.9 Å². The van der Waals surface area contributed by atoms with Gasteiger partial charge >= 0.3 is 5.91 Å². The second kappa shape index (κ2) is 10.2. The molecule has 27 heavy (non-hydrogen) atoms. The zero-order valence-electron chi connectivity index (χ0n) is 16.5. The van der Waals surface area contributed by atoms with Crippen LogP contribution in [-0.2, 0) is 0 Å². The molecule has 0 saturated heterocycles. The molecule has 1 aromatic heterocycles. The lowest BCUT2D eigenvalue weighted by molar-refractivity contribution is 0.0917. The second-order valence-corrected chi connectivity index (χ2v) is 7.22. The van der Waals surface area contributed by atoms with Crippen molar-refractivity contribution < 1.29 is 13.9 Å². The Hall–Kier alpha value is -2.28. The number of aryl methyl sites for hydroxylation is 1. The summed E-state index contributed by atoms with van der Waals surface area (Å²) in [4.78, 5) is 12.4. The monoisotopic (exact) mass is 391 g/mol. The van der Waals surface area contributed by atoms with Gasteiger partial charge in [-0.1, -0.05) is 33.1 Å². The number of unbranched alkanes of at least 4 members (excludes halogenated alkanes) is 2. The predicted octanol–water partition coefficient (Wildman–Crippen LogP) is 4.08. The highest BCUT2D eigenvalue weighted by atomic mass is 32.1. The second-order valence-electron chi connectivity index (χ2n) is 6.81. The number of benzene rings is 1. The molecule has 6 nitrogen and oxygen atoms in total. The Morgan fingerprint density at radius 3 is 2.78 bits per heavy atom. The van der Waals surface area contributed by atoms with Crippen molar-refractivity contribution in [3.63, 3.8) is 0 Å². The normalized spacial score (nSPS) is 11.9. The summed E-state index contributed by atoms with van der Waals surface area (Å²) in [7, 11) is 1.60. The van der Waals surface area contributed by atoms with Crippen molar-refractivity contribution in [3.8, 4) is 5.75 Å². The number of methoxy groups -OCH3 is 1. The van der Waals surface area contributed by atoms with Crippen molar-refractivity contribution in [2.75, 3.05) is 13.7 Å². The maximum atomic E-state index is 12.4. The average Bonchev–Trinajstić information content (AvgIpc) is 3.00. The molecule has 2 aromatic rings. The highest BCUT2D eigenvalue weighted by molar-refractivity contribution is 7.80. The molecule has 1 amide bonds. The first-order valence-corrected chi connectivity index (χ1v) is 9.78. The maximum Gasteiger partial charge on any atom is 0.305 e. The van der Waals surface area contributed by atoms with Crippen LogP contribution in [0.4, 0.5) is 0 Å². The van der Waals surface area contributed by atoms with Crippen LogP contribution in [0.2, 0.25) is 0 Å². The molecule has 1 heterocycles. The van der Waals surface area contributed by atoms with E-state index in [0.717, 1.165) is 29.7 Å². The van der Waals surface area contributed by atoms with E-state index in [4.69, 9.17) is 21.4 Å². The summed E-state index contributed by atoms with van der Waals surface area (Å²) in [6, 6.07) is 5.44. The van der Waals surface area contributed by atoms with Crippen LogP contribution >= 0.6 is 12.2 Å². The summed E-state index contributed by atoms with van der Waals surface area (Å²) >= 11 is 5.22. The predicted molar refractivity (Wildman–Crippen MR) is 112 cm³/mol. The molecule has 2 rings (SSSR count). The van der Waals surface area contributed by atoms with Crippen LogP contribution in [0.25, 0.3) is 11.0 Å². The fourth-order valence-electron chi connectivity index (χ4n) is 2.87. The molecule has 148 valence electrons. The zero-order chi connectivity index (χ0) is 19.8. The Balaban J connectivity index is 1.85. The molecule has 0 aliphatic heterocycles. The van der Waals surface area contributed by atoms with Gasteiger partial charge in [0.05, 0.1) is 7.11 Å². The standard InChI is InChI=1S/C20H29N3O3S/c1-5-6-7-8-13(2)12-21-20(27)23-22-19(24)18-14(3)16-11-15(25-4)9-10-17(16)26-18/h9-11,13H,5-8,12H2,1-4H3,(H,22,24)(H2,21,23,27)/t13-/m1/s1. The van der Waals surface area contributed by atoms with E-state index in [0.29, 0.717) is 16.6 Å². The molecule has 0 aliphatic carbocycles. The molecule has 0 bridgehead atoms. The van der Waals surface area contributed by atoms with Crippen molar-refractivity contribution in [1.82, 2.24) is 16.2 Å². The van der Waals surface area contributed by atoms with Crippen molar-refractivity contribution in [3.05, 3.63) is 29.5 Å². The minimum absolute atomic E-state index is 0.251. The van der Waals surface area contributed by atoms with Gasteiger partial charge < -0.3 is 14.5 Å². The quantitative estimate of drug-likeness (QED) is 0.358. The number of furan rings is 1. The van der Waals surface area contributed by atoms with Gasteiger partial charge in [0.2, 0.25) is 0 Å². The van der Waals surface area contributed by atoms with E-state index in [1.54, 1.807) is 19.2 Å². The summed E-state index contributed by atoms with van der Waals surface area (Å²) in [5.41, 5.74) is 6.72. The van der Waals surface area contributed by atoms with Crippen LogP contribution in [0.1, 0.15) is 55.6 Å². The highest BCUT2D eigenvalue weighted by Crippen LogP contribution is 2.28. The van der Waals surface area contributed by atoms with Gasteiger partial charge in [-0.3, -0.25) is 15.6 Å². The minimum Gasteiger partial charge on any atom is -0.497 e. The molecular weight excluding hydrogens is 362 g/mol. The Bertz CT molecular complexity index is 788. The van der Waals surface area contributed by atoms with E-state index in [9.17, 15) is 4.79 Å². The number of hydrazine groups is 1.